The van der Waals surface area contributed by atoms with Gasteiger partial charge in [0.15, 0.2) is 0 Å². The van der Waals surface area contributed by atoms with Crippen LogP contribution in [0.4, 0.5) is 10.1 Å². The quantitative estimate of drug-likeness (QED) is 0.790. The topological polar surface area (TPSA) is 41.5 Å². The normalized spacial score (nSPS) is 13.2. The van der Waals surface area contributed by atoms with E-state index in [9.17, 15) is 9.50 Å². The Bertz CT molecular complexity index is 407. The van der Waals surface area contributed by atoms with Crippen LogP contribution in [0.25, 0.3) is 0 Å². The lowest BCUT2D eigenvalue weighted by atomic mass is 9.99. The van der Waals surface area contributed by atoms with Crippen LogP contribution in [0.5, 0.6) is 5.75 Å². The van der Waals surface area contributed by atoms with Crippen molar-refractivity contribution in [1.29, 1.82) is 0 Å². The molecule has 1 aromatic rings. The number of para-hydroxylation sites is 1. The van der Waals surface area contributed by atoms with Crippen molar-refractivity contribution in [2.24, 2.45) is 5.41 Å². The van der Waals surface area contributed by atoms with Crippen molar-refractivity contribution in [2.75, 3.05) is 24.3 Å². The van der Waals surface area contributed by atoms with Crippen LogP contribution in [0.1, 0.15) is 20.8 Å². The van der Waals surface area contributed by atoms with Crippen molar-refractivity contribution in [3.8, 4) is 5.75 Å². The highest BCUT2D eigenvalue weighted by Gasteiger charge is 2.15. The summed E-state index contributed by atoms with van der Waals surface area (Å²) in [5, 5.41) is 12.2. The number of halogens is 2. The van der Waals surface area contributed by atoms with Gasteiger partial charge in [0.05, 0.1) is 18.6 Å². The number of nitrogens with one attached hydrogen (secondary N) is 1. The molecule has 0 saturated heterocycles. The van der Waals surface area contributed by atoms with Gasteiger partial charge in [-0.25, -0.2) is 4.39 Å². The van der Waals surface area contributed by atoms with Crippen molar-refractivity contribution in [3.63, 3.8) is 0 Å². The zero-order valence-corrected chi connectivity index (χ0v) is 12.3. The molecule has 1 unspecified atom stereocenters. The molecule has 0 aliphatic rings. The maximum absolute atomic E-state index is 13.8. The average molecular weight is 290 g/mol. The van der Waals surface area contributed by atoms with E-state index in [-0.39, 0.29) is 23.5 Å². The second-order valence-electron chi connectivity index (χ2n) is 5.65. The SMILES string of the molecule is CC(C)(C)COc1cccc(F)c1NCC(O)CCl. The average Bonchev–Trinajstić information content (AvgIpc) is 2.33. The summed E-state index contributed by atoms with van der Waals surface area (Å²) in [5.41, 5.74) is 0.245. The Kier molecular flexibility index (Phi) is 5.88. The highest BCUT2D eigenvalue weighted by atomic mass is 35.5. The third-order valence-corrected chi connectivity index (χ3v) is 2.68. The number of ether oxygens (including phenoxy) is 1. The molecule has 0 fully saturated rings. The summed E-state index contributed by atoms with van der Waals surface area (Å²) in [4.78, 5) is 0. The maximum Gasteiger partial charge on any atom is 0.150 e. The second kappa shape index (κ2) is 6.96. The molecule has 1 rings (SSSR count). The van der Waals surface area contributed by atoms with Crippen molar-refractivity contribution in [3.05, 3.63) is 24.0 Å². The molecule has 108 valence electrons. The molecule has 0 spiro atoms. The first-order valence-corrected chi connectivity index (χ1v) is 6.76. The van der Waals surface area contributed by atoms with Gasteiger partial charge >= 0.3 is 0 Å². The number of hydrogen-bond donors (Lipinski definition) is 2. The first kappa shape index (κ1) is 16.1. The zero-order valence-electron chi connectivity index (χ0n) is 11.5. The van der Waals surface area contributed by atoms with E-state index in [0.29, 0.717) is 12.4 Å². The molecular formula is C14H21ClFNO2. The Balaban J connectivity index is 2.77. The van der Waals surface area contributed by atoms with Crippen LogP contribution >= 0.6 is 11.6 Å². The molecule has 0 aliphatic carbocycles. The molecule has 2 N–H and O–H groups in total. The van der Waals surface area contributed by atoms with Crippen LogP contribution in [0.15, 0.2) is 18.2 Å². The van der Waals surface area contributed by atoms with Gasteiger partial charge in [0.25, 0.3) is 0 Å². The van der Waals surface area contributed by atoms with Crippen LogP contribution in [0, 0.1) is 11.2 Å². The Morgan fingerprint density at radius 2 is 2.11 bits per heavy atom. The molecule has 3 nitrogen and oxygen atoms in total. The smallest absolute Gasteiger partial charge is 0.150 e. The third-order valence-electron chi connectivity index (χ3n) is 2.33. The van der Waals surface area contributed by atoms with Crippen LogP contribution < -0.4 is 10.1 Å². The molecule has 0 heterocycles. The fourth-order valence-corrected chi connectivity index (χ4v) is 1.47. The van der Waals surface area contributed by atoms with Crippen LogP contribution in [0.2, 0.25) is 0 Å². The number of benzene rings is 1. The summed E-state index contributed by atoms with van der Waals surface area (Å²) in [6.45, 7) is 6.77. The number of aliphatic hydroxyl groups excluding tert-OH is 1. The van der Waals surface area contributed by atoms with Crippen LogP contribution in [-0.4, -0.2) is 30.2 Å². The lowest BCUT2D eigenvalue weighted by Gasteiger charge is -2.21. The zero-order chi connectivity index (χ0) is 14.5. The molecule has 19 heavy (non-hydrogen) atoms. The minimum Gasteiger partial charge on any atom is -0.491 e. The Morgan fingerprint density at radius 1 is 1.42 bits per heavy atom. The monoisotopic (exact) mass is 289 g/mol. The summed E-state index contributed by atoms with van der Waals surface area (Å²) in [6.07, 6.45) is -0.725. The van der Waals surface area contributed by atoms with Gasteiger partial charge in [-0.15, -0.1) is 11.6 Å². The van der Waals surface area contributed by atoms with Gasteiger partial charge in [0.1, 0.15) is 17.3 Å². The summed E-state index contributed by atoms with van der Waals surface area (Å²) < 4.78 is 19.4. The van der Waals surface area contributed by atoms with Gasteiger partial charge in [-0.05, 0) is 17.5 Å². The van der Waals surface area contributed by atoms with E-state index in [1.807, 2.05) is 20.8 Å². The number of hydrogen-bond acceptors (Lipinski definition) is 3. The first-order valence-electron chi connectivity index (χ1n) is 6.22. The molecule has 0 bridgehead atoms. The standard InChI is InChI=1S/C14H21ClFNO2/c1-14(2,3)9-19-12-6-4-5-11(16)13(12)17-8-10(18)7-15/h4-6,10,17-18H,7-9H2,1-3H3. The molecule has 1 atom stereocenters. The van der Waals surface area contributed by atoms with Crippen molar-refractivity contribution < 1.29 is 14.2 Å². The van der Waals surface area contributed by atoms with Crippen LogP contribution in [0.3, 0.4) is 0 Å². The fraction of sp³-hybridized carbons (Fsp3) is 0.571. The lowest BCUT2D eigenvalue weighted by Crippen LogP contribution is -2.22. The van der Waals surface area contributed by atoms with Gasteiger partial charge in [-0.2, -0.15) is 0 Å². The highest BCUT2D eigenvalue weighted by molar-refractivity contribution is 6.18. The van der Waals surface area contributed by atoms with Crippen molar-refractivity contribution >= 4 is 17.3 Å². The van der Waals surface area contributed by atoms with E-state index < -0.39 is 11.9 Å². The Morgan fingerprint density at radius 3 is 2.68 bits per heavy atom. The predicted octanol–water partition coefficient (Wildman–Crippen LogP) is 3.26. The van der Waals surface area contributed by atoms with E-state index >= 15 is 0 Å². The Labute approximate surface area is 118 Å². The third kappa shape index (κ3) is 5.66. The summed E-state index contributed by atoms with van der Waals surface area (Å²) >= 11 is 5.50. The molecule has 0 saturated carbocycles. The van der Waals surface area contributed by atoms with Gasteiger partial charge in [-0.3, -0.25) is 0 Å². The number of rotatable bonds is 6. The Hall–Kier alpha value is -1.00. The van der Waals surface area contributed by atoms with E-state index in [0.717, 1.165) is 0 Å². The summed E-state index contributed by atoms with van der Waals surface area (Å²) in [6, 6.07) is 4.64. The van der Waals surface area contributed by atoms with E-state index in [1.165, 1.54) is 6.07 Å². The number of aliphatic hydroxyl groups is 1. The minimum atomic E-state index is -0.725. The summed E-state index contributed by atoms with van der Waals surface area (Å²) in [5.74, 6) is 0.129. The van der Waals surface area contributed by atoms with Crippen molar-refractivity contribution in [2.45, 2.75) is 26.9 Å². The van der Waals surface area contributed by atoms with E-state index in [4.69, 9.17) is 16.3 Å². The number of alkyl halides is 1. The van der Waals surface area contributed by atoms with Gasteiger partial charge < -0.3 is 15.2 Å². The largest absolute Gasteiger partial charge is 0.491 e. The van der Waals surface area contributed by atoms with Crippen molar-refractivity contribution in [1.82, 2.24) is 0 Å². The van der Waals surface area contributed by atoms with Crippen LogP contribution in [-0.2, 0) is 0 Å². The second-order valence-corrected chi connectivity index (χ2v) is 5.96. The molecule has 5 heteroatoms. The van der Waals surface area contributed by atoms with Gasteiger partial charge in [0.2, 0.25) is 0 Å². The minimum absolute atomic E-state index is 0.0146. The molecule has 0 aliphatic heterocycles. The molecule has 0 radical (unpaired) electrons. The molecular weight excluding hydrogens is 269 g/mol. The van der Waals surface area contributed by atoms with Gasteiger partial charge in [-0.1, -0.05) is 26.8 Å². The lowest BCUT2D eigenvalue weighted by molar-refractivity contribution is 0.197. The summed E-state index contributed by atoms with van der Waals surface area (Å²) in [7, 11) is 0. The first-order chi connectivity index (χ1) is 8.83. The predicted molar refractivity (Wildman–Crippen MR) is 76.6 cm³/mol. The maximum atomic E-state index is 13.8. The number of anilines is 1. The fourth-order valence-electron chi connectivity index (χ4n) is 1.36. The molecule has 1 aromatic carbocycles. The molecule has 0 aromatic heterocycles. The molecule has 0 amide bonds. The van der Waals surface area contributed by atoms with E-state index in [2.05, 4.69) is 5.32 Å². The van der Waals surface area contributed by atoms with Gasteiger partial charge in [0, 0.05) is 6.54 Å². The highest BCUT2D eigenvalue weighted by Crippen LogP contribution is 2.29. The van der Waals surface area contributed by atoms with E-state index in [1.54, 1.807) is 12.1 Å².